The molecule has 142 valence electrons. The molecule has 8 heteroatoms. The molecule has 2 amide bonds. The first-order chi connectivity index (χ1) is 12.9. The Kier molecular flexibility index (Phi) is 8.13. The van der Waals surface area contributed by atoms with Crippen molar-refractivity contribution >= 4 is 58.4 Å². The van der Waals surface area contributed by atoms with Gasteiger partial charge in [0.15, 0.2) is 0 Å². The fourth-order valence-electron chi connectivity index (χ4n) is 2.14. The molecule has 0 aliphatic rings. The molecule has 0 radical (unpaired) electrons. The van der Waals surface area contributed by atoms with Crippen molar-refractivity contribution in [2.75, 3.05) is 25.6 Å². The summed E-state index contributed by atoms with van der Waals surface area (Å²) in [5, 5.41) is 6.35. The van der Waals surface area contributed by atoms with Crippen LogP contribution in [0.4, 0.5) is 5.69 Å². The van der Waals surface area contributed by atoms with E-state index in [4.69, 9.17) is 39.5 Å². The summed E-state index contributed by atoms with van der Waals surface area (Å²) < 4.78 is 4.87. The zero-order chi connectivity index (χ0) is 19.8. The highest BCUT2D eigenvalue weighted by Crippen LogP contribution is 2.26. The van der Waals surface area contributed by atoms with Crippen LogP contribution in [0.1, 0.15) is 15.9 Å². The molecule has 0 bridgehead atoms. The summed E-state index contributed by atoms with van der Waals surface area (Å²) >= 11 is 18.1. The Morgan fingerprint density at radius 3 is 2.59 bits per heavy atom. The lowest BCUT2D eigenvalue weighted by Crippen LogP contribution is -2.27. The van der Waals surface area contributed by atoms with E-state index in [9.17, 15) is 9.59 Å². The molecule has 0 atom stereocenters. The number of hydrogen-bond acceptors (Lipinski definition) is 3. The van der Waals surface area contributed by atoms with Crippen molar-refractivity contribution < 1.29 is 14.3 Å². The van der Waals surface area contributed by atoms with E-state index in [1.807, 2.05) is 0 Å². The van der Waals surface area contributed by atoms with E-state index in [-0.39, 0.29) is 16.8 Å². The van der Waals surface area contributed by atoms with Gasteiger partial charge in [0.1, 0.15) is 0 Å². The maximum atomic E-state index is 12.1. The minimum atomic E-state index is -0.376. The van der Waals surface area contributed by atoms with Crippen LogP contribution in [0.25, 0.3) is 6.08 Å². The van der Waals surface area contributed by atoms with Gasteiger partial charge < -0.3 is 15.4 Å². The molecule has 0 aromatic heterocycles. The Balaban J connectivity index is 2.01. The second-order valence-corrected chi connectivity index (χ2v) is 6.60. The van der Waals surface area contributed by atoms with E-state index in [0.717, 1.165) is 0 Å². The highest BCUT2D eigenvalue weighted by Gasteiger charge is 2.11. The molecule has 2 aromatic rings. The van der Waals surface area contributed by atoms with Crippen molar-refractivity contribution in [3.63, 3.8) is 0 Å². The monoisotopic (exact) mass is 426 g/mol. The van der Waals surface area contributed by atoms with Gasteiger partial charge >= 0.3 is 0 Å². The van der Waals surface area contributed by atoms with E-state index in [1.165, 1.54) is 18.2 Å². The van der Waals surface area contributed by atoms with Crippen molar-refractivity contribution in [2.24, 2.45) is 0 Å². The average Bonchev–Trinajstić information content (AvgIpc) is 2.63. The maximum absolute atomic E-state index is 12.1. The predicted molar refractivity (Wildman–Crippen MR) is 110 cm³/mol. The SMILES string of the molecule is COCCNC(=O)c1ccc(NC(=O)/C=C/c2cccc(Cl)c2Cl)cc1Cl. The number of halogens is 3. The number of carbonyl (C=O) groups excluding carboxylic acids is 2. The molecule has 0 spiro atoms. The van der Waals surface area contributed by atoms with Gasteiger partial charge in [-0.25, -0.2) is 0 Å². The van der Waals surface area contributed by atoms with Crippen LogP contribution in [0, 0.1) is 0 Å². The second-order valence-electron chi connectivity index (χ2n) is 5.41. The van der Waals surface area contributed by atoms with E-state index < -0.39 is 0 Å². The molecular formula is C19H17Cl3N2O3. The molecule has 0 heterocycles. The van der Waals surface area contributed by atoms with Crippen molar-refractivity contribution in [1.82, 2.24) is 5.32 Å². The maximum Gasteiger partial charge on any atom is 0.252 e. The third-order valence-corrected chi connectivity index (χ3v) is 4.61. The van der Waals surface area contributed by atoms with Gasteiger partial charge in [-0.05, 0) is 35.9 Å². The fraction of sp³-hybridized carbons (Fsp3) is 0.158. The second kappa shape index (κ2) is 10.3. The van der Waals surface area contributed by atoms with E-state index >= 15 is 0 Å². The molecule has 2 aromatic carbocycles. The number of hydrogen-bond donors (Lipinski definition) is 2. The quantitative estimate of drug-likeness (QED) is 0.498. The molecule has 2 rings (SSSR count). The Morgan fingerprint density at radius 2 is 1.89 bits per heavy atom. The van der Waals surface area contributed by atoms with Gasteiger partial charge in [-0.15, -0.1) is 0 Å². The molecule has 2 N–H and O–H groups in total. The van der Waals surface area contributed by atoms with Crippen molar-refractivity contribution in [3.8, 4) is 0 Å². The van der Waals surface area contributed by atoms with E-state index in [1.54, 1.807) is 37.5 Å². The first kappa shape index (κ1) is 21.3. The molecule has 0 fully saturated rings. The van der Waals surface area contributed by atoms with Crippen LogP contribution in [-0.4, -0.2) is 32.1 Å². The number of amides is 2. The summed E-state index contributed by atoms with van der Waals surface area (Å²) in [6.45, 7) is 0.779. The number of anilines is 1. The Hall–Kier alpha value is -2.05. The lowest BCUT2D eigenvalue weighted by molar-refractivity contribution is -0.111. The minimum Gasteiger partial charge on any atom is -0.383 e. The van der Waals surface area contributed by atoms with Crippen LogP contribution < -0.4 is 10.6 Å². The van der Waals surface area contributed by atoms with Crippen LogP contribution in [0.15, 0.2) is 42.5 Å². The summed E-state index contributed by atoms with van der Waals surface area (Å²) in [7, 11) is 1.55. The van der Waals surface area contributed by atoms with Gasteiger partial charge in [0.2, 0.25) is 5.91 Å². The van der Waals surface area contributed by atoms with Crippen LogP contribution in [0.3, 0.4) is 0 Å². The van der Waals surface area contributed by atoms with Crippen molar-refractivity contribution in [1.29, 1.82) is 0 Å². The number of ether oxygens (including phenoxy) is 1. The Bertz CT molecular complexity index is 869. The molecule has 0 saturated carbocycles. The van der Waals surface area contributed by atoms with Gasteiger partial charge in [-0.1, -0.05) is 46.9 Å². The topological polar surface area (TPSA) is 67.4 Å². The number of methoxy groups -OCH3 is 1. The summed E-state index contributed by atoms with van der Waals surface area (Å²) in [4.78, 5) is 24.1. The van der Waals surface area contributed by atoms with Crippen LogP contribution in [0.5, 0.6) is 0 Å². The smallest absolute Gasteiger partial charge is 0.252 e. The normalized spacial score (nSPS) is 10.8. The first-order valence-corrected chi connectivity index (χ1v) is 9.05. The first-order valence-electron chi connectivity index (χ1n) is 7.92. The highest BCUT2D eigenvalue weighted by molar-refractivity contribution is 6.43. The van der Waals surface area contributed by atoms with Gasteiger partial charge in [0, 0.05) is 25.4 Å². The molecular weight excluding hydrogens is 411 g/mol. The van der Waals surface area contributed by atoms with Crippen molar-refractivity contribution in [2.45, 2.75) is 0 Å². The fourth-order valence-corrected chi connectivity index (χ4v) is 2.77. The number of nitrogens with one attached hydrogen (secondary N) is 2. The molecule has 0 unspecified atom stereocenters. The molecule has 27 heavy (non-hydrogen) atoms. The summed E-state index contributed by atoms with van der Waals surface area (Å²) in [6, 6.07) is 9.78. The van der Waals surface area contributed by atoms with Crippen LogP contribution >= 0.6 is 34.8 Å². The zero-order valence-electron chi connectivity index (χ0n) is 14.4. The molecule has 0 aliphatic carbocycles. The van der Waals surface area contributed by atoms with Crippen LogP contribution in [0.2, 0.25) is 15.1 Å². The van der Waals surface area contributed by atoms with Gasteiger partial charge in [0.25, 0.3) is 5.91 Å². The van der Waals surface area contributed by atoms with Gasteiger partial charge in [-0.3, -0.25) is 9.59 Å². The molecule has 5 nitrogen and oxygen atoms in total. The lowest BCUT2D eigenvalue weighted by atomic mass is 10.2. The molecule has 0 aliphatic heterocycles. The third-order valence-electron chi connectivity index (χ3n) is 3.47. The van der Waals surface area contributed by atoms with Crippen molar-refractivity contribution in [3.05, 3.63) is 68.7 Å². The predicted octanol–water partition coefficient (Wildman–Crippen LogP) is 4.67. The summed E-state index contributed by atoms with van der Waals surface area (Å²) in [6.07, 6.45) is 2.89. The summed E-state index contributed by atoms with van der Waals surface area (Å²) in [5.74, 6) is -0.690. The third kappa shape index (κ3) is 6.26. The average molecular weight is 428 g/mol. The van der Waals surface area contributed by atoms with Gasteiger partial charge in [-0.2, -0.15) is 0 Å². The largest absolute Gasteiger partial charge is 0.383 e. The minimum absolute atomic E-state index is 0.226. The Labute approximate surface area is 172 Å². The number of benzene rings is 2. The van der Waals surface area contributed by atoms with E-state index in [0.29, 0.717) is 40.0 Å². The van der Waals surface area contributed by atoms with Crippen LogP contribution in [-0.2, 0) is 9.53 Å². The summed E-state index contributed by atoms with van der Waals surface area (Å²) in [5.41, 5.74) is 1.40. The number of carbonyl (C=O) groups is 2. The standard InChI is InChI=1S/C19H17Cl3N2O3/c1-27-10-9-23-19(26)14-7-6-13(11-16(14)21)24-17(25)8-5-12-3-2-4-15(20)18(12)22/h2-8,11H,9-10H2,1H3,(H,23,26)(H,24,25)/b8-5+. The lowest BCUT2D eigenvalue weighted by Gasteiger charge is -2.08. The molecule has 0 saturated heterocycles. The van der Waals surface area contributed by atoms with E-state index in [2.05, 4.69) is 10.6 Å². The Morgan fingerprint density at radius 1 is 1.11 bits per heavy atom. The number of rotatable bonds is 7. The highest BCUT2D eigenvalue weighted by atomic mass is 35.5. The van der Waals surface area contributed by atoms with Gasteiger partial charge in [0.05, 0.1) is 27.2 Å². The zero-order valence-corrected chi connectivity index (χ0v) is 16.7.